The lowest BCUT2D eigenvalue weighted by Crippen LogP contribution is -1.95. The minimum absolute atomic E-state index is 0.896. The van der Waals surface area contributed by atoms with Gasteiger partial charge in [-0.2, -0.15) is 0 Å². The second-order valence-corrected chi connectivity index (χ2v) is 5.62. The molecule has 1 rings (SSSR count). The van der Waals surface area contributed by atoms with Crippen molar-refractivity contribution in [3.05, 3.63) is 24.0 Å². The van der Waals surface area contributed by atoms with Crippen molar-refractivity contribution in [2.75, 3.05) is 6.61 Å². The van der Waals surface area contributed by atoms with E-state index < -0.39 is 0 Å². The molecule has 0 atom stereocenters. The van der Waals surface area contributed by atoms with E-state index in [1.54, 1.807) is 0 Å². The van der Waals surface area contributed by atoms with E-state index in [9.17, 15) is 0 Å². The van der Waals surface area contributed by atoms with Crippen LogP contribution < -0.4 is 0 Å². The highest BCUT2D eigenvalue weighted by atomic mass is 16.5. The van der Waals surface area contributed by atoms with E-state index in [1.807, 2.05) is 0 Å². The Labute approximate surface area is 120 Å². The highest BCUT2D eigenvalue weighted by Gasteiger charge is 1.98. The van der Waals surface area contributed by atoms with Gasteiger partial charge in [-0.15, -0.1) is 0 Å². The van der Waals surface area contributed by atoms with Gasteiger partial charge in [0.1, 0.15) is 5.76 Å². The summed E-state index contributed by atoms with van der Waals surface area (Å²) in [6.07, 6.45) is 22.7. The second kappa shape index (κ2) is 12.3. The molecule has 1 aliphatic carbocycles. The summed E-state index contributed by atoms with van der Waals surface area (Å²) < 4.78 is 5.73. The van der Waals surface area contributed by atoms with Crippen LogP contribution >= 0.6 is 0 Å². The van der Waals surface area contributed by atoms with Crippen molar-refractivity contribution in [1.29, 1.82) is 0 Å². The predicted octanol–water partition coefficient (Wildman–Crippen LogP) is 6.16. The first kappa shape index (κ1) is 16.3. The number of hydrogen-bond donors (Lipinski definition) is 0. The summed E-state index contributed by atoms with van der Waals surface area (Å²) in [6, 6.07) is 0. The summed E-state index contributed by atoms with van der Waals surface area (Å²) in [6.45, 7) is 3.17. The fraction of sp³-hybridized carbons (Fsp3) is 0.778. The fourth-order valence-electron chi connectivity index (χ4n) is 2.48. The maximum Gasteiger partial charge on any atom is 0.114 e. The fourth-order valence-corrected chi connectivity index (χ4v) is 2.48. The Morgan fingerprint density at radius 1 is 0.842 bits per heavy atom. The van der Waals surface area contributed by atoms with Gasteiger partial charge in [-0.1, -0.05) is 70.8 Å². The van der Waals surface area contributed by atoms with Gasteiger partial charge in [0, 0.05) is 0 Å². The summed E-state index contributed by atoms with van der Waals surface area (Å²) in [7, 11) is 0. The van der Waals surface area contributed by atoms with Crippen molar-refractivity contribution < 1.29 is 4.74 Å². The number of rotatable bonds is 12. The highest BCUT2D eigenvalue weighted by molar-refractivity contribution is 5.15. The van der Waals surface area contributed by atoms with E-state index in [0.717, 1.165) is 18.8 Å². The van der Waals surface area contributed by atoms with Crippen LogP contribution in [-0.2, 0) is 4.74 Å². The molecular weight excluding hydrogens is 232 g/mol. The molecule has 0 fully saturated rings. The normalized spacial score (nSPS) is 14.5. The van der Waals surface area contributed by atoms with Crippen molar-refractivity contribution >= 4 is 0 Å². The van der Waals surface area contributed by atoms with Crippen molar-refractivity contribution in [1.82, 2.24) is 0 Å². The SMILES string of the molecule is CCCCCCCCCCCCOC1=CCCC=C1. The molecule has 0 bridgehead atoms. The number of ether oxygens (including phenoxy) is 1. The molecule has 0 aromatic heterocycles. The van der Waals surface area contributed by atoms with Gasteiger partial charge in [-0.05, 0) is 31.4 Å². The largest absolute Gasteiger partial charge is 0.494 e. The van der Waals surface area contributed by atoms with E-state index in [-0.39, 0.29) is 0 Å². The van der Waals surface area contributed by atoms with Crippen LogP contribution in [-0.4, -0.2) is 6.61 Å². The third-order valence-electron chi connectivity index (χ3n) is 3.73. The Bertz CT molecular complexity index is 252. The molecule has 0 aliphatic heterocycles. The molecule has 0 unspecified atom stereocenters. The number of allylic oxidation sites excluding steroid dienone is 3. The average Bonchev–Trinajstić information content (AvgIpc) is 2.46. The third kappa shape index (κ3) is 9.81. The van der Waals surface area contributed by atoms with E-state index in [0.29, 0.717) is 0 Å². The first-order chi connectivity index (χ1) is 9.43. The summed E-state index contributed by atoms with van der Waals surface area (Å²) in [5, 5.41) is 0. The summed E-state index contributed by atoms with van der Waals surface area (Å²) in [5.74, 6) is 1.09. The van der Waals surface area contributed by atoms with E-state index >= 15 is 0 Å². The smallest absolute Gasteiger partial charge is 0.114 e. The highest BCUT2D eigenvalue weighted by Crippen LogP contribution is 2.13. The van der Waals surface area contributed by atoms with Gasteiger partial charge < -0.3 is 4.74 Å². The lowest BCUT2D eigenvalue weighted by molar-refractivity contribution is 0.214. The molecule has 0 radical (unpaired) electrons. The zero-order valence-corrected chi connectivity index (χ0v) is 12.8. The van der Waals surface area contributed by atoms with E-state index in [4.69, 9.17) is 4.74 Å². The van der Waals surface area contributed by atoms with Gasteiger partial charge >= 0.3 is 0 Å². The molecule has 0 heterocycles. The van der Waals surface area contributed by atoms with E-state index in [2.05, 4.69) is 25.2 Å². The lowest BCUT2D eigenvalue weighted by Gasteiger charge is -2.09. The average molecular weight is 264 g/mol. The molecule has 0 saturated heterocycles. The van der Waals surface area contributed by atoms with Crippen molar-refractivity contribution in [3.63, 3.8) is 0 Å². The van der Waals surface area contributed by atoms with Crippen LogP contribution in [0.5, 0.6) is 0 Å². The minimum Gasteiger partial charge on any atom is -0.494 e. The molecule has 0 aromatic rings. The maximum absolute atomic E-state index is 5.73. The summed E-state index contributed by atoms with van der Waals surface area (Å²) >= 11 is 0. The van der Waals surface area contributed by atoms with Gasteiger partial charge in [0.05, 0.1) is 6.61 Å². The van der Waals surface area contributed by atoms with Gasteiger partial charge in [0.25, 0.3) is 0 Å². The molecule has 0 amide bonds. The molecule has 0 N–H and O–H groups in total. The van der Waals surface area contributed by atoms with Crippen molar-refractivity contribution in [3.8, 4) is 0 Å². The lowest BCUT2D eigenvalue weighted by atomic mass is 10.1. The summed E-state index contributed by atoms with van der Waals surface area (Å²) in [4.78, 5) is 0. The topological polar surface area (TPSA) is 9.23 Å². The molecule has 1 nitrogen and oxygen atoms in total. The summed E-state index contributed by atoms with van der Waals surface area (Å²) in [5.41, 5.74) is 0. The molecule has 110 valence electrons. The predicted molar refractivity (Wildman–Crippen MR) is 84.3 cm³/mol. The Morgan fingerprint density at radius 3 is 2.05 bits per heavy atom. The molecule has 1 aliphatic rings. The van der Waals surface area contributed by atoms with Crippen LogP contribution in [0, 0.1) is 0 Å². The van der Waals surface area contributed by atoms with Crippen molar-refractivity contribution in [2.45, 2.75) is 84.0 Å². The number of hydrogen-bond acceptors (Lipinski definition) is 1. The van der Waals surface area contributed by atoms with Gasteiger partial charge in [0.2, 0.25) is 0 Å². The molecule has 1 heteroatoms. The van der Waals surface area contributed by atoms with Crippen LogP contribution in [0.15, 0.2) is 24.0 Å². The van der Waals surface area contributed by atoms with E-state index in [1.165, 1.54) is 70.6 Å². The third-order valence-corrected chi connectivity index (χ3v) is 3.73. The quantitative estimate of drug-likeness (QED) is 0.384. The Morgan fingerprint density at radius 2 is 1.47 bits per heavy atom. The van der Waals surface area contributed by atoms with Gasteiger partial charge in [0.15, 0.2) is 0 Å². The Kier molecular flexibility index (Phi) is 10.6. The molecule has 19 heavy (non-hydrogen) atoms. The molecule has 0 aromatic carbocycles. The standard InChI is InChI=1S/C18H32O/c1-2-3-4-5-6-7-8-9-10-14-17-19-18-15-12-11-13-16-18/h12,15-16H,2-11,13-14,17H2,1H3. The van der Waals surface area contributed by atoms with Gasteiger partial charge in [-0.25, -0.2) is 0 Å². The Hall–Kier alpha value is -0.720. The molecule has 0 spiro atoms. The maximum atomic E-state index is 5.73. The first-order valence-corrected chi connectivity index (χ1v) is 8.43. The number of unbranched alkanes of at least 4 members (excludes halogenated alkanes) is 9. The first-order valence-electron chi connectivity index (χ1n) is 8.43. The van der Waals surface area contributed by atoms with Crippen LogP contribution in [0.4, 0.5) is 0 Å². The monoisotopic (exact) mass is 264 g/mol. The van der Waals surface area contributed by atoms with Crippen molar-refractivity contribution in [2.24, 2.45) is 0 Å². The zero-order chi connectivity index (χ0) is 13.6. The second-order valence-electron chi connectivity index (χ2n) is 5.62. The van der Waals surface area contributed by atoms with Crippen LogP contribution in [0.25, 0.3) is 0 Å². The minimum atomic E-state index is 0.896. The van der Waals surface area contributed by atoms with Gasteiger partial charge in [-0.3, -0.25) is 0 Å². The molecule has 0 saturated carbocycles. The zero-order valence-electron chi connectivity index (χ0n) is 12.8. The van der Waals surface area contributed by atoms with Crippen LogP contribution in [0.3, 0.4) is 0 Å². The van der Waals surface area contributed by atoms with Crippen LogP contribution in [0.2, 0.25) is 0 Å². The Balaban J connectivity index is 1.76. The van der Waals surface area contributed by atoms with Crippen LogP contribution in [0.1, 0.15) is 84.0 Å². The molecular formula is C18H32O.